The molecule has 14 nitrogen and oxygen atoms in total. The van der Waals surface area contributed by atoms with Crippen molar-refractivity contribution in [3.05, 3.63) is 29.8 Å². The van der Waals surface area contributed by atoms with Crippen LogP contribution in [0.3, 0.4) is 0 Å². The third-order valence-corrected chi connectivity index (χ3v) is 12.4. The average Bonchev–Trinajstić information content (AvgIpc) is 3.38. The van der Waals surface area contributed by atoms with E-state index >= 15 is 0 Å². The first-order chi connectivity index (χ1) is 24.3. The van der Waals surface area contributed by atoms with E-state index < -0.39 is 67.1 Å². The number of ether oxygens (including phenoxy) is 5. The van der Waals surface area contributed by atoms with E-state index in [1.807, 2.05) is 20.8 Å². The zero-order chi connectivity index (χ0) is 41.7. The van der Waals surface area contributed by atoms with Crippen molar-refractivity contribution in [2.45, 2.75) is 157 Å². The molecular formula is C39H66N4O10Si. The first-order valence-corrected chi connectivity index (χ1v) is 21.4. The van der Waals surface area contributed by atoms with Crippen LogP contribution in [0, 0.1) is 0 Å². The molecule has 0 saturated heterocycles. The lowest BCUT2D eigenvalue weighted by molar-refractivity contribution is -0.165. The summed E-state index contributed by atoms with van der Waals surface area (Å²) in [5.41, 5.74) is -2.39. The summed E-state index contributed by atoms with van der Waals surface area (Å²) in [5, 5.41) is 2.51. The van der Waals surface area contributed by atoms with Crippen molar-refractivity contribution < 1.29 is 47.3 Å². The van der Waals surface area contributed by atoms with Gasteiger partial charge in [0, 0.05) is 13.1 Å². The van der Waals surface area contributed by atoms with Crippen molar-refractivity contribution >= 4 is 38.5 Å². The lowest BCUT2D eigenvalue weighted by atomic mass is 10.1. The van der Waals surface area contributed by atoms with E-state index in [4.69, 9.17) is 33.1 Å². The topological polar surface area (TPSA) is 155 Å². The number of rotatable bonds is 10. The van der Waals surface area contributed by atoms with Gasteiger partial charge in [0.15, 0.2) is 14.4 Å². The smallest absolute Gasteiger partial charge is 0.417 e. The van der Waals surface area contributed by atoms with Crippen molar-refractivity contribution in [3.63, 3.8) is 0 Å². The highest BCUT2D eigenvalue weighted by Gasteiger charge is 2.43. The fraction of sp³-hybridized carbons (Fsp3) is 0.718. The molecule has 0 aromatic heterocycles. The largest absolute Gasteiger partial charge is 0.490 e. The Kier molecular flexibility index (Phi) is 14.8. The van der Waals surface area contributed by atoms with Gasteiger partial charge in [0.05, 0.1) is 12.6 Å². The molecule has 1 aliphatic rings. The van der Waals surface area contributed by atoms with Crippen molar-refractivity contribution in [1.29, 1.82) is 0 Å². The number of nitrogens with zero attached hydrogens (tertiary/aromatic N) is 3. The lowest BCUT2D eigenvalue weighted by Crippen LogP contribution is -2.52. The number of hydrogen-bond acceptors (Lipinski definition) is 11. The Balaban J connectivity index is 2.42. The normalized spacial score (nSPS) is 16.2. The van der Waals surface area contributed by atoms with Crippen molar-refractivity contribution in [3.8, 4) is 5.75 Å². The summed E-state index contributed by atoms with van der Waals surface area (Å²) in [6, 6.07) is 6.50. The molecule has 2 rings (SSSR count). The predicted molar refractivity (Wildman–Crippen MR) is 210 cm³/mol. The number of aliphatic imine (C=N–C) groups is 1. The highest BCUT2D eigenvalue weighted by Crippen LogP contribution is 2.38. The summed E-state index contributed by atoms with van der Waals surface area (Å²) in [4.78, 5) is 60.2. The molecule has 306 valence electrons. The van der Waals surface area contributed by atoms with Crippen molar-refractivity contribution in [2.24, 2.45) is 4.99 Å². The number of carbonyl (C=O) groups excluding carboxylic acids is 4. The lowest BCUT2D eigenvalue weighted by Gasteiger charge is -2.39. The van der Waals surface area contributed by atoms with Crippen LogP contribution >= 0.6 is 0 Å². The van der Waals surface area contributed by atoms with Gasteiger partial charge in [-0.05, 0) is 119 Å². The van der Waals surface area contributed by atoms with Gasteiger partial charge >= 0.3 is 24.2 Å². The van der Waals surface area contributed by atoms with Crippen LogP contribution in [0.1, 0.15) is 115 Å². The molecule has 1 aromatic rings. The number of amides is 3. The Morgan fingerprint density at radius 2 is 1.31 bits per heavy atom. The minimum Gasteiger partial charge on any atom is -0.490 e. The van der Waals surface area contributed by atoms with Gasteiger partial charge < -0.3 is 33.4 Å². The molecule has 0 unspecified atom stereocenters. The van der Waals surface area contributed by atoms with Crippen LogP contribution in [0.5, 0.6) is 5.75 Å². The molecule has 2 atom stereocenters. The number of carbonyl (C=O) groups is 4. The molecule has 15 heteroatoms. The van der Waals surface area contributed by atoms with Crippen LogP contribution in [0.2, 0.25) is 18.1 Å². The SMILES string of the molecule is CC(C)(C)OC(=O)NCCN(C(=O)OC(C)(C)C)C1=N[C@@H](c2ccc(OC[C@@H](O[Si](C)(C)C(C)(C)C)C(=O)OC(C)(C)C)cc2)CN1C(=O)OC(C)(C)C. The fourth-order valence-electron chi connectivity index (χ4n) is 4.56. The third kappa shape index (κ3) is 15.5. The van der Waals surface area contributed by atoms with Gasteiger partial charge in [0.1, 0.15) is 34.8 Å². The van der Waals surface area contributed by atoms with E-state index in [9.17, 15) is 19.2 Å². The first kappa shape index (κ1) is 46.3. The number of guanidine groups is 1. The van der Waals surface area contributed by atoms with Gasteiger partial charge in [0.25, 0.3) is 0 Å². The van der Waals surface area contributed by atoms with Crippen LogP contribution in [-0.4, -0.2) is 103 Å². The van der Waals surface area contributed by atoms with E-state index in [1.54, 1.807) is 86.6 Å². The third-order valence-electron chi connectivity index (χ3n) is 7.92. The van der Waals surface area contributed by atoms with Gasteiger partial charge in [-0.15, -0.1) is 0 Å². The number of benzene rings is 1. The summed E-state index contributed by atoms with van der Waals surface area (Å²) in [6.45, 7) is 31.4. The molecule has 54 heavy (non-hydrogen) atoms. The van der Waals surface area contributed by atoms with E-state index in [-0.39, 0.29) is 37.2 Å². The molecular weight excluding hydrogens is 713 g/mol. The molecule has 3 amide bonds. The molecule has 0 fully saturated rings. The molecule has 1 heterocycles. The van der Waals surface area contributed by atoms with Crippen LogP contribution in [0.4, 0.5) is 14.4 Å². The van der Waals surface area contributed by atoms with E-state index in [2.05, 4.69) is 39.2 Å². The summed E-state index contributed by atoms with van der Waals surface area (Å²) in [7, 11) is -2.37. The highest BCUT2D eigenvalue weighted by molar-refractivity contribution is 6.74. The monoisotopic (exact) mass is 778 g/mol. The number of nitrogens with one attached hydrogen (secondary N) is 1. The van der Waals surface area contributed by atoms with Gasteiger partial charge in [0.2, 0.25) is 5.96 Å². The number of alkyl carbamates (subject to hydrolysis) is 1. The minimum atomic E-state index is -2.37. The second-order valence-corrected chi connectivity index (χ2v) is 23.6. The molecule has 1 aliphatic heterocycles. The second kappa shape index (κ2) is 17.3. The Labute approximate surface area is 323 Å². The maximum Gasteiger partial charge on any atom is 0.417 e. The quantitative estimate of drug-likeness (QED) is 0.140. The van der Waals surface area contributed by atoms with Gasteiger partial charge in [-0.1, -0.05) is 32.9 Å². The van der Waals surface area contributed by atoms with Crippen LogP contribution in [0.25, 0.3) is 0 Å². The fourth-order valence-corrected chi connectivity index (χ4v) is 5.78. The first-order valence-electron chi connectivity index (χ1n) is 18.5. The molecule has 0 radical (unpaired) electrons. The maximum atomic E-state index is 13.6. The van der Waals surface area contributed by atoms with Gasteiger partial charge in [-0.25, -0.2) is 34.0 Å². The predicted octanol–water partition coefficient (Wildman–Crippen LogP) is 8.21. The van der Waals surface area contributed by atoms with E-state index in [1.165, 1.54) is 9.80 Å². The van der Waals surface area contributed by atoms with E-state index in [0.29, 0.717) is 5.75 Å². The van der Waals surface area contributed by atoms with Gasteiger partial charge in [-0.2, -0.15) is 0 Å². The van der Waals surface area contributed by atoms with Crippen molar-refractivity contribution in [1.82, 2.24) is 15.1 Å². The number of hydrogen-bond donors (Lipinski definition) is 1. The van der Waals surface area contributed by atoms with Crippen molar-refractivity contribution in [2.75, 3.05) is 26.2 Å². The summed E-state index contributed by atoms with van der Waals surface area (Å²) in [5.74, 6) is 0.00794. The van der Waals surface area contributed by atoms with Crippen LogP contribution < -0.4 is 10.1 Å². The standard InChI is InChI=1S/C39H66N4O10Si/c1-35(2,3)49-30(44)29(53-54(16,17)39(13,14)15)25-48-27-20-18-26(19-21-27)28-24-43(34(47)52-38(10,11)12)31(41-28)42(33(46)51-37(7,8)9)23-22-40-32(45)50-36(4,5)6/h18-21,28-29H,22-25H2,1-17H3,(H,40,45)/t28-,29-/m1/s1. The molecule has 1 N–H and O–H groups in total. The van der Waals surface area contributed by atoms with Crippen LogP contribution in [-0.2, 0) is 28.2 Å². The average molecular weight is 779 g/mol. The molecule has 1 aromatic carbocycles. The molecule has 0 spiro atoms. The highest BCUT2D eigenvalue weighted by atomic mass is 28.4. The minimum absolute atomic E-state index is 0.0118. The molecule has 0 aliphatic carbocycles. The Morgan fingerprint density at radius 3 is 1.80 bits per heavy atom. The van der Waals surface area contributed by atoms with Crippen LogP contribution in [0.15, 0.2) is 29.3 Å². The Bertz CT molecular complexity index is 1490. The molecule has 0 bridgehead atoms. The zero-order valence-corrected chi connectivity index (χ0v) is 36.7. The van der Waals surface area contributed by atoms with Gasteiger partial charge in [-0.3, -0.25) is 0 Å². The second-order valence-electron chi connectivity index (χ2n) is 18.9. The maximum absolute atomic E-state index is 13.6. The summed E-state index contributed by atoms with van der Waals surface area (Å²) >= 11 is 0. The summed E-state index contributed by atoms with van der Waals surface area (Å²) < 4.78 is 35.0. The summed E-state index contributed by atoms with van der Waals surface area (Å²) in [6.07, 6.45) is -3.05. The Morgan fingerprint density at radius 1 is 0.796 bits per heavy atom. The Hall–Kier alpha value is -3.85. The van der Waals surface area contributed by atoms with E-state index in [0.717, 1.165) is 5.56 Å². The number of esters is 1. The molecule has 0 saturated carbocycles. The zero-order valence-electron chi connectivity index (χ0n) is 35.7.